The number of rotatable bonds is 4. The molecule has 1 aliphatic heterocycles. The minimum absolute atomic E-state index is 0. The van der Waals surface area contributed by atoms with E-state index in [1.807, 2.05) is 0 Å². The van der Waals surface area contributed by atoms with E-state index in [0.717, 1.165) is 0 Å². The van der Waals surface area contributed by atoms with Gasteiger partial charge in [0.15, 0.2) is 0 Å². The van der Waals surface area contributed by atoms with Crippen molar-refractivity contribution in [2.75, 3.05) is 19.6 Å². The molecule has 1 amide bonds. The van der Waals surface area contributed by atoms with Crippen LogP contribution in [0.3, 0.4) is 0 Å². The van der Waals surface area contributed by atoms with Crippen LogP contribution in [0.15, 0.2) is 29.2 Å². The molecule has 1 aromatic rings. The Morgan fingerprint density at radius 1 is 1.32 bits per heavy atom. The van der Waals surface area contributed by atoms with Gasteiger partial charge in [0.2, 0.25) is 0 Å². The van der Waals surface area contributed by atoms with E-state index in [4.69, 9.17) is 0 Å². The molecule has 0 bridgehead atoms. The van der Waals surface area contributed by atoms with Crippen LogP contribution in [0.1, 0.15) is 10.4 Å². The number of hydrogen-bond acceptors (Lipinski definition) is 4. The fourth-order valence-corrected chi connectivity index (χ4v) is 2.60. The Balaban J connectivity index is 0.00000242. The monoisotopic (exact) mass is 356 g/mol. The second kappa shape index (κ2) is 8.05. The summed E-state index contributed by atoms with van der Waals surface area (Å²) >= 11 is -0.218. The van der Waals surface area contributed by atoms with Gasteiger partial charge in [-0.05, 0) is 36.0 Å². The van der Waals surface area contributed by atoms with Gasteiger partial charge in [0.1, 0.15) is 0 Å². The van der Waals surface area contributed by atoms with Crippen molar-refractivity contribution in [1.82, 2.24) is 10.6 Å². The lowest BCUT2D eigenvalue weighted by Crippen LogP contribution is -2.34. The van der Waals surface area contributed by atoms with Crippen molar-refractivity contribution < 1.29 is 23.1 Å². The predicted octanol–water partition coefficient (Wildman–Crippen LogP) is 2.03. The number of carbonyl (C=O) groups excluding carboxylic acids is 1. The van der Waals surface area contributed by atoms with Crippen LogP contribution in [0.25, 0.3) is 0 Å². The Morgan fingerprint density at radius 2 is 1.95 bits per heavy atom. The topological polar surface area (TPSA) is 61.4 Å². The number of amides is 1. The Kier molecular flexibility index (Phi) is 6.98. The average molecular weight is 357 g/mol. The molecule has 22 heavy (non-hydrogen) atoms. The second-order valence-corrected chi connectivity index (χ2v) is 5.91. The normalized spacial score (nSPS) is 21.3. The number of thioether (sulfide) groups is 1. The van der Waals surface area contributed by atoms with Gasteiger partial charge in [-0.1, -0.05) is 0 Å². The van der Waals surface area contributed by atoms with E-state index in [1.54, 1.807) is 0 Å². The SMILES string of the molecule is Cl.O=C(NCC1CNCC1O)c1ccc(SC(F)(F)F)cc1. The molecule has 1 heterocycles. The zero-order valence-corrected chi connectivity index (χ0v) is 13.0. The molecule has 9 heteroatoms. The minimum atomic E-state index is -4.34. The van der Waals surface area contributed by atoms with Crippen molar-refractivity contribution in [2.45, 2.75) is 16.5 Å². The molecule has 124 valence electrons. The fourth-order valence-electron chi connectivity index (χ4n) is 2.06. The first-order valence-electron chi connectivity index (χ1n) is 6.38. The van der Waals surface area contributed by atoms with Crippen molar-refractivity contribution in [3.63, 3.8) is 0 Å². The van der Waals surface area contributed by atoms with E-state index in [1.165, 1.54) is 24.3 Å². The van der Waals surface area contributed by atoms with Crippen LogP contribution < -0.4 is 10.6 Å². The zero-order chi connectivity index (χ0) is 15.5. The van der Waals surface area contributed by atoms with Crippen LogP contribution >= 0.6 is 24.2 Å². The van der Waals surface area contributed by atoms with Crippen LogP contribution in [0.2, 0.25) is 0 Å². The highest BCUT2D eigenvalue weighted by atomic mass is 35.5. The van der Waals surface area contributed by atoms with Gasteiger partial charge in [0.05, 0.1) is 6.10 Å². The fraction of sp³-hybridized carbons (Fsp3) is 0.462. The number of nitrogens with one attached hydrogen (secondary N) is 2. The standard InChI is InChI=1S/C13H15F3N2O2S.ClH/c14-13(15,16)21-10-3-1-8(2-4-10)12(20)18-6-9-5-17-7-11(9)19;/h1-4,9,11,17,19H,5-7H2,(H,18,20);1H. The van der Waals surface area contributed by atoms with Crippen molar-refractivity contribution >= 4 is 30.1 Å². The molecule has 0 aromatic heterocycles. The highest BCUT2D eigenvalue weighted by molar-refractivity contribution is 8.00. The molecule has 0 aliphatic carbocycles. The van der Waals surface area contributed by atoms with Crippen LogP contribution in [-0.4, -0.2) is 42.3 Å². The lowest BCUT2D eigenvalue weighted by Gasteiger charge is -2.14. The smallest absolute Gasteiger partial charge is 0.391 e. The third-order valence-electron chi connectivity index (χ3n) is 3.18. The number of carbonyl (C=O) groups is 1. The van der Waals surface area contributed by atoms with Crippen molar-refractivity contribution in [2.24, 2.45) is 5.92 Å². The van der Waals surface area contributed by atoms with Gasteiger partial charge in [-0.15, -0.1) is 12.4 Å². The summed E-state index contributed by atoms with van der Waals surface area (Å²) in [6, 6.07) is 5.23. The molecular formula is C13H16ClF3N2O2S. The number of aliphatic hydroxyl groups is 1. The van der Waals surface area contributed by atoms with Gasteiger partial charge in [-0.2, -0.15) is 13.2 Å². The maximum Gasteiger partial charge on any atom is 0.446 e. The molecule has 0 radical (unpaired) electrons. The Labute approximate surface area is 136 Å². The minimum Gasteiger partial charge on any atom is -0.391 e. The molecule has 3 N–H and O–H groups in total. The van der Waals surface area contributed by atoms with Gasteiger partial charge in [-0.25, -0.2) is 0 Å². The van der Waals surface area contributed by atoms with Gasteiger partial charge in [0.25, 0.3) is 5.91 Å². The van der Waals surface area contributed by atoms with Crippen molar-refractivity contribution in [3.05, 3.63) is 29.8 Å². The van der Waals surface area contributed by atoms with Crippen LogP contribution in [0.4, 0.5) is 13.2 Å². The molecule has 1 aromatic carbocycles. The number of aliphatic hydroxyl groups excluding tert-OH is 1. The molecular weight excluding hydrogens is 341 g/mol. The number of halogens is 4. The molecule has 1 saturated heterocycles. The van der Waals surface area contributed by atoms with E-state index in [2.05, 4.69) is 10.6 Å². The Morgan fingerprint density at radius 3 is 2.45 bits per heavy atom. The van der Waals surface area contributed by atoms with Crippen LogP contribution in [-0.2, 0) is 0 Å². The summed E-state index contributed by atoms with van der Waals surface area (Å²) in [5.74, 6) is -0.410. The summed E-state index contributed by atoms with van der Waals surface area (Å²) in [4.78, 5) is 11.9. The van der Waals surface area contributed by atoms with Crippen LogP contribution in [0, 0.1) is 5.92 Å². The number of hydrogen-bond donors (Lipinski definition) is 3. The lowest BCUT2D eigenvalue weighted by molar-refractivity contribution is -0.0328. The van der Waals surface area contributed by atoms with E-state index < -0.39 is 11.6 Å². The van der Waals surface area contributed by atoms with Crippen molar-refractivity contribution in [1.29, 1.82) is 0 Å². The van der Waals surface area contributed by atoms with Gasteiger partial charge >= 0.3 is 5.51 Å². The quantitative estimate of drug-likeness (QED) is 0.722. The van der Waals surface area contributed by atoms with Crippen molar-refractivity contribution in [3.8, 4) is 0 Å². The molecule has 1 fully saturated rings. The Hall–Kier alpha value is -0.960. The molecule has 2 rings (SSSR count). The van der Waals surface area contributed by atoms with Gasteiger partial charge < -0.3 is 15.7 Å². The highest BCUT2D eigenvalue weighted by Gasteiger charge is 2.29. The summed E-state index contributed by atoms with van der Waals surface area (Å²) in [6.45, 7) is 1.46. The van der Waals surface area contributed by atoms with Gasteiger partial charge in [0, 0.05) is 36.0 Å². The second-order valence-electron chi connectivity index (χ2n) is 4.77. The predicted molar refractivity (Wildman–Crippen MR) is 80.3 cm³/mol. The average Bonchev–Trinajstić information content (AvgIpc) is 2.80. The first-order chi connectivity index (χ1) is 9.85. The number of alkyl halides is 3. The summed E-state index contributed by atoms with van der Waals surface area (Å²) in [5, 5.41) is 15.3. The highest BCUT2D eigenvalue weighted by Crippen LogP contribution is 2.36. The first-order valence-corrected chi connectivity index (χ1v) is 7.19. The van der Waals surface area contributed by atoms with E-state index in [0.29, 0.717) is 25.2 Å². The molecule has 0 spiro atoms. The van der Waals surface area contributed by atoms with E-state index in [-0.39, 0.29) is 40.9 Å². The van der Waals surface area contributed by atoms with E-state index >= 15 is 0 Å². The molecule has 1 aliphatic rings. The summed E-state index contributed by atoms with van der Waals surface area (Å²) in [6.07, 6.45) is -0.490. The summed E-state index contributed by atoms with van der Waals surface area (Å²) in [7, 11) is 0. The maximum absolute atomic E-state index is 12.2. The lowest BCUT2D eigenvalue weighted by atomic mass is 10.1. The Bertz CT molecular complexity index is 499. The summed E-state index contributed by atoms with van der Waals surface area (Å²) < 4.78 is 36.6. The molecule has 2 atom stereocenters. The third-order valence-corrected chi connectivity index (χ3v) is 3.92. The molecule has 4 nitrogen and oxygen atoms in total. The maximum atomic E-state index is 12.2. The van der Waals surface area contributed by atoms with E-state index in [9.17, 15) is 23.1 Å². The zero-order valence-electron chi connectivity index (χ0n) is 11.4. The van der Waals surface area contributed by atoms with Crippen LogP contribution in [0.5, 0.6) is 0 Å². The molecule has 2 unspecified atom stereocenters. The number of β-amino-alcohol motifs (C(OH)–C–C–N with tert-alkyl or cyclic N) is 1. The van der Waals surface area contributed by atoms with Gasteiger partial charge in [-0.3, -0.25) is 4.79 Å². The summed E-state index contributed by atoms with van der Waals surface area (Å²) in [5.41, 5.74) is -4.04. The number of benzene rings is 1. The first kappa shape index (κ1) is 19.1. The largest absolute Gasteiger partial charge is 0.446 e. The molecule has 0 saturated carbocycles. The third kappa shape index (κ3) is 5.68.